The van der Waals surface area contributed by atoms with E-state index in [0.29, 0.717) is 31.6 Å². The highest BCUT2D eigenvalue weighted by Gasteiger charge is 2.28. The summed E-state index contributed by atoms with van der Waals surface area (Å²) in [7, 11) is 0. The highest BCUT2D eigenvalue weighted by molar-refractivity contribution is 5.98. The fraction of sp³-hybridized carbons (Fsp3) is 0.462. The van der Waals surface area contributed by atoms with Crippen LogP contribution in [0.15, 0.2) is 12.1 Å². The van der Waals surface area contributed by atoms with Crippen molar-refractivity contribution in [3.8, 4) is 0 Å². The molecule has 17 heavy (non-hydrogen) atoms. The number of Topliss-reactive ketones (excluding diaryl/α,β-unsaturated/α-hetero) is 1. The van der Waals surface area contributed by atoms with Crippen molar-refractivity contribution in [2.24, 2.45) is 5.92 Å². The van der Waals surface area contributed by atoms with Crippen LogP contribution >= 0.6 is 0 Å². The number of benzene rings is 1. The molecule has 0 amide bonds. The van der Waals surface area contributed by atoms with Crippen molar-refractivity contribution in [2.45, 2.75) is 19.8 Å². The van der Waals surface area contributed by atoms with Crippen molar-refractivity contribution in [3.63, 3.8) is 0 Å². The van der Waals surface area contributed by atoms with Gasteiger partial charge in [-0.05, 0) is 31.4 Å². The molecule has 1 heterocycles. The van der Waals surface area contributed by atoms with Gasteiger partial charge in [-0.25, -0.2) is 8.78 Å². The van der Waals surface area contributed by atoms with Crippen LogP contribution in [0.1, 0.15) is 28.8 Å². The molecular weight excluding hydrogens is 226 g/mol. The first-order chi connectivity index (χ1) is 8.11. The third-order valence-corrected chi connectivity index (χ3v) is 3.12. The summed E-state index contributed by atoms with van der Waals surface area (Å²) >= 11 is 0. The van der Waals surface area contributed by atoms with E-state index in [2.05, 4.69) is 0 Å². The van der Waals surface area contributed by atoms with Crippen molar-refractivity contribution < 1.29 is 18.3 Å². The summed E-state index contributed by atoms with van der Waals surface area (Å²) in [5, 5.41) is 0. The van der Waals surface area contributed by atoms with Crippen molar-refractivity contribution >= 4 is 5.78 Å². The van der Waals surface area contributed by atoms with Crippen LogP contribution in [0.3, 0.4) is 0 Å². The molecule has 4 heteroatoms. The van der Waals surface area contributed by atoms with Crippen LogP contribution in [0, 0.1) is 24.5 Å². The normalized spacial score (nSPS) is 17.1. The summed E-state index contributed by atoms with van der Waals surface area (Å²) in [5.41, 5.74) is -0.0984. The first kappa shape index (κ1) is 12.2. The van der Waals surface area contributed by atoms with Gasteiger partial charge in [0.15, 0.2) is 5.78 Å². The van der Waals surface area contributed by atoms with E-state index < -0.39 is 23.0 Å². The smallest absolute Gasteiger partial charge is 0.172 e. The Balaban J connectivity index is 2.32. The molecule has 0 aromatic heterocycles. The lowest BCUT2D eigenvalue weighted by atomic mass is 9.90. The minimum absolute atomic E-state index is 0.293. The van der Waals surface area contributed by atoms with Crippen molar-refractivity contribution in [3.05, 3.63) is 34.9 Å². The first-order valence-corrected chi connectivity index (χ1v) is 5.68. The molecule has 0 radical (unpaired) electrons. The molecule has 0 atom stereocenters. The van der Waals surface area contributed by atoms with Crippen molar-refractivity contribution in [1.82, 2.24) is 0 Å². The Bertz CT molecular complexity index is 437. The number of ketones is 1. The minimum Gasteiger partial charge on any atom is -0.381 e. The van der Waals surface area contributed by atoms with Gasteiger partial charge in [0.2, 0.25) is 0 Å². The molecule has 1 fully saturated rings. The van der Waals surface area contributed by atoms with Gasteiger partial charge in [-0.3, -0.25) is 4.79 Å². The van der Waals surface area contributed by atoms with E-state index in [1.807, 2.05) is 0 Å². The summed E-state index contributed by atoms with van der Waals surface area (Å²) in [4.78, 5) is 12.1. The fourth-order valence-electron chi connectivity index (χ4n) is 2.05. The fourth-order valence-corrected chi connectivity index (χ4v) is 2.05. The molecule has 2 rings (SSSR count). The number of ether oxygens (including phenoxy) is 1. The molecule has 2 nitrogen and oxygen atoms in total. The Labute approximate surface area is 98.6 Å². The van der Waals surface area contributed by atoms with E-state index in [0.717, 1.165) is 6.07 Å². The second kappa shape index (κ2) is 4.92. The van der Waals surface area contributed by atoms with E-state index in [-0.39, 0.29) is 5.92 Å². The number of aryl methyl sites for hydroxylation is 1. The number of rotatable bonds is 2. The molecule has 1 saturated heterocycles. The molecule has 92 valence electrons. The van der Waals surface area contributed by atoms with E-state index in [9.17, 15) is 13.6 Å². The zero-order valence-corrected chi connectivity index (χ0v) is 9.63. The maximum atomic E-state index is 13.8. The molecule has 1 aliphatic rings. The summed E-state index contributed by atoms with van der Waals surface area (Å²) in [6.45, 7) is 2.48. The van der Waals surface area contributed by atoms with Gasteiger partial charge in [0.25, 0.3) is 0 Å². The van der Waals surface area contributed by atoms with Gasteiger partial charge in [-0.2, -0.15) is 0 Å². The molecule has 0 spiro atoms. The summed E-state index contributed by atoms with van der Waals surface area (Å²) in [6.07, 6.45) is 1.07. The van der Waals surface area contributed by atoms with Crippen molar-refractivity contribution in [1.29, 1.82) is 0 Å². The first-order valence-electron chi connectivity index (χ1n) is 5.68. The van der Waals surface area contributed by atoms with Gasteiger partial charge in [0, 0.05) is 19.1 Å². The maximum Gasteiger partial charge on any atom is 0.172 e. The average molecular weight is 240 g/mol. The second-order valence-electron chi connectivity index (χ2n) is 4.30. The number of hydrogen-bond acceptors (Lipinski definition) is 2. The number of carbonyl (C=O) groups is 1. The molecule has 1 aromatic rings. The molecular formula is C13H14F2O2. The molecule has 0 N–H and O–H groups in total. The predicted octanol–water partition coefficient (Wildman–Crippen LogP) is 2.88. The SMILES string of the molecule is Cc1ccc(F)c(C(=O)C2CCOCC2)c1F. The Kier molecular flexibility index (Phi) is 3.52. The van der Waals surface area contributed by atoms with Gasteiger partial charge in [-0.1, -0.05) is 6.07 Å². The van der Waals surface area contributed by atoms with Crippen LogP contribution in [0.5, 0.6) is 0 Å². The summed E-state index contributed by atoms with van der Waals surface area (Å²) in [6, 6.07) is 2.48. The third kappa shape index (κ3) is 2.36. The Morgan fingerprint density at radius 1 is 1.29 bits per heavy atom. The van der Waals surface area contributed by atoms with E-state index in [1.165, 1.54) is 13.0 Å². The minimum atomic E-state index is -0.774. The summed E-state index contributed by atoms with van der Waals surface area (Å²) < 4.78 is 32.4. The Morgan fingerprint density at radius 3 is 2.59 bits per heavy atom. The average Bonchev–Trinajstić information content (AvgIpc) is 2.35. The highest BCUT2D eigenvalue weighted by Crippen LogP contribution is 2.24. The van der Waals surface area contributed by atoms with Gasteiger partial charge >= 0.3 is 0 Å². The molecule has 0 unspecified atom stereocenters. The Hall–Kier alpha value is -1.29. The van der Waals surface area contributed by atoms with Crippen LogP contribution in [0.25, 0.3) is 0 Å². The van der Waals surface area contributed by atoms with Crippen LogP contribution in [0.2, 0.25) is 0 Å². The second-order valence-corrected chi connectivity index (χ2v) is 4.30. The molecule has 0 bridgehead atoms. The van der Waals surface area contributed by atoms with Gasteiger partial charge in [0.05, 0.1) is 5.56 Å². The third-order valence-electron chi connectivity index (χ3n) is 3.12. The Morgan fingerprint density at radius 2 is 1.94 bits per heavy atom. The van der Waals surface area contributed by atoms with Crippen LogP contribution < -0.4 is 0 Å². The molecule has 0 aliphatic carbocycles. The largest absolute Gasteiger partial charge is 0.381 e. The highest BCUT2D eigenvalue weighted by atomic mass is 19.1. The van der Waals surface area contributed by atoms with Crippen LogP contribution in [-0.2, 0) is 4.74 Å². The van der Waals surface area contributed by atoms with E-state index in [4.69, 9.17) is 4.74 Å². The topological polar surface area (TPSA) is 26.3 Å². The summed E-state index contributed by atoms with van der Waals surface area (Å²) in [5.74, 6) is -2.27. The van der Waals surface area contributed by atoms with Crippen LogP contribution in [0.4, 0.5) is 8.78 Å². The molecule has 1 aromatic carbocycles. The molecule has 1 aliphatic heterocycles. The number of halogens is 2. The quantitative estimate of drug-likeness (QED) is 0.743. The van der Waals surface area contributed by atoms with E-state index >= 15 is 0 Å². The molecule has 0 saturated carbocycles. The lowest BCUT2D eigenvalue weighted by Crippen LogP contribution is -2.25. The lowest BCUT2D eigenvalue weighted by Gasteiger charge is -2.21. The monoisotopic (exact) mass is 240 g/mol. The lowest BCUT2D eigenvalue weighted by molar-refractivity contribution is 0.0539. The standard InChI is InChI=1S/C13H14F2O2/c1-8-2-3-10(14)11(12(8)15)13(16)9-4-6-17-7-5-9/h2-3,9H,4-7H2,1H3. The van der Waals surface area contributed by atoms with Crippen LogP contribution in [-0.4, -0.2) is 19.0 Å². The van der Waals surface area contributed by atoms with Gasteiger partial charge < -0.3 is 4.74 Å². The predicted molar refractivity (Wildman–Crippen MR) is 59.0 cm³/mol. The number of carbonyl (C=O) groups excluding carboxylic acids is 1. The van der Waals surface area contributed by atoms with Crippen molar-refractivity contribution in [2.75, 3.05) is 13.2 Å². The van der Waals surface area contributed by atoms with Gasteiger partial charge in [-0.15, -0.1) is 0 Å². The maximum absolute atomic E-state index is 13.8. The number of hydrogen-bond donors (Lipinski definition) is 0. The zero-order valence-electron chi connectivity index (χ0n) is 9.63. The van der Waals surface area contributed by atoms with Gasteiger partial charge in [0.1, 0.15) is 11.6 Å². The van der Waals surface area contributed by atoms with E-state index in [1.54, 1.807) is 0 Å². The zero-order chi connectivity index (χ0) is 12.4.